The molecule has 3 aromatic rings. The number of nitrogens with zero attached hydrogens (tertiary/aromatic N) is 4. The van der Waals surface area contributed by atoms with Crippen LogP contribution < -0.4 is 5.32 Å². The number of carbonyl (C=O) groups excluding carboxylic acids is 1. The third-order valence-corrected chi connectivity index (χ3v) is 4.23. The summed E-state index contributed by atoms with van der Waals surface area (Å²) in [4.78, 5) is 25.7. The van der Waals surface area contributed by atoms with Gasteiger partial charge in [0.2, 0.25) is 5.76 Å². The van der Waals surface area contributed by atoms with Gasteiger partial charge in [-0.15, -0.1) is 0 Å². The Balaban J connectivity index is 1.59. The summed E-state index contributed by atoms with van der Waals surface area (Å²) < 4.78 is 5.03. The van der Waals surface area contributed by atoms with Crippen molar-refractivity contribution >= 4 is 5.91 Å². The predicted molar refractivity (Wildman–Crippen MR) is 89.6 cm³/mol. The first kappa shape index (κ1) is 15.4. The molecular formula is C18H17N5O2. The smallest absolute Gasteiger partial charge is 0.290 e. The van der Waals surface area contributed by atoms with E-state index in [1.54, 1.807) is 25.4 Å². The van der Waals surface area contributed by atoms with Crippen molar-refractivity contribution in [1.29, 1.82) is 0 Å². The molecule has 0 spiro atoms. The van der Waals surface area contributed by atoms with Crippen molar-refractivity contribution in [3.63, 3.8) is 0 Å². The monoisotopic (exact) mass is 335 g/mol. The Morgan fingerprint density at radius 1 is 1.32 bits per heavy atom. The minimum atomic E-state index is -0.271. The molecule has 3 heterocycles. The molecule has 4 rings (SSSR count). The van der Waals surface area contributed by atoms with Gasteiger partial charge in [0, 0.05) is 29.7 Å². The number of hydrogen-bond acceptors (Lipinski definition) is 6. The van der Waals surface area contributed by atoms with E-state index in [0.29, 0.717) is 11.5 Å². The zero-order valence-electron chi connectivity index (χ0n) is 13.8. The molecule has 1 aliphatic rings. The molecule has 0 fully saturated rings. The minimum absolute atomic E-state index is 0.126. The summed E-state index contributed by atoms with van der Waals surface area (Å²) in [6.07, 6.45) is 6.18. The Bertz CT molecular complexity index is 907. The summed E-state index contributed by atoms with van der Waals surface area (Å²) in [5.41, 5.74) is 3.34. The van der Waals surface area contributed by atoms with Crippen LogP contribution >= 0.6 is 0 Å². The number of hydrogen-bond donors (Lipinski definition) is 1. The molecule has 0 radical (unpaired) electrons. The van der Waals surface area contributed by atoms with E-state index in [-0.39, 0.29) is 17.7 Å². The first-order valence-electron chi connectivity index (χ1n) is 8.22. The zero-order valence-corrected chi connectivity index (χ0v) is 13.8. The summed E-state index contributed by atoms with van der Waals surface area (Å²) in [5, 5.41) is 6.75. The molecule has 0 bridgehead atoms. The topological polar surface area (TPSA) is 93.8 Å². The van der Waals surface area contributed by atoms with E-state index in [2.05, 4.69) is 25.4 Å². The average molecular weight is 335 g/mol. The van der Waals surface area contributed by atoms with Gasteiger partial charge in [-0.2, -0.15) is 0 Å². The highest BCUT2D eigenvalue weighted by Gasteiger charge is 2.25. The van der Waals surface area contributed by atoms with Crippen molar-refractivity contribution in [2.75, 3.05) is 0 Å². The fraction of sp³-hybridized carbons (Fsp3) is 0.278. The molecule has 0 aromatic carbocycles. The summed E-state index contributed by atoms with van der Waals surface area (Å²) in [7, 11) is 0. The molecular weight excluding hydrogens is 318 g/mol. The van der Waals surface area contributed by atoms with E-state index in [9.17, 15) is 4.79 Å². The van der Waals surface area contributed by atoms with Crippen LogP contribution in [-0.4, -0.2) is 26.0 Å². The quantitative estimate of drug-likeness (QED) is 0.791. The molecule has 0 aliphatic heterocycles. The van der Waals surface area contributed by atoms with Crippen LogP contribution in [0.15, 0.2) is 41.2 Å². The van der Waals surface area contributed by atoms with E-state index in [4.69, 9.17) is 4.52 Å². The van der Waals surface area contributed by atoms with Gasteiger partial charge < -0.3 is 9.84 Å². The molecule has 1 amide bonds. The molecule has 0 unspecified atom stereocenters. The van der Waals surface area contributed by atoms with E-state index in [0.717, 1.165) is 36.2 Å². The van der Waals surface area contributed by atoms with Gasteiger partial charge in [-0.3, -0.25) is 9.78 Å². The third-order valence-electron chi connectivity index (χ3n) is 4.23. The maximum absolute atomic E-state index is 12.3. The van der Waals surface area contributed by atoms with Gasteiger partial charge in [-0.25, -0.2) is 9.97 Å². The van der Waals surface area contributed by atoms with Crippen molar-refractivity contribution < 1.29 is 9.32 Å². The Morgan fingerprint density at radius 2 is 2.24 bits per heavy atom. The maximum atomic E-state index is 12.3. The second-order valence-electron chi connectivity index (χ2n) is 6.06. The SMILES string of the molecule is Cc1cc(C(=O)N[C@@H]2CCCc3nc(-c4ccccn4)ncc32)on1. The summed E-state index contributed by atoms with van der Waals surface area (Å²) in [6.45, 7) is 1.78. The van der Waals surface area contributed by atoms with Gasteiger partial charge in [0.15, 0.2) is 5.82 Å². The van der Waals surface area contributed by atoms with Gasteiger partial charge >= 0.3 is 0 Å². The van der Waals surface area contributed by atoms with Crippen molar-refractivity contribution in [2.24, 2.45) is 0 Å². The van der Waals surface area contributed by atoms with Crippen molar-refractivity contribution in [3.8, 4) is 11.5 Å². The normalized spacial score (nSPS) is 16.3. The molecule has 7 nitrogen and oxygen atoms in total. The summed E-state index contributed by atoms with van der Waals surface area (Å²) in [6, 6.07) is 7.15. The second-order valence-corrected chi connectivity index (χ2v) is 6.06. The Hall–Kier alpha value is -3.09. The summed E-state index contributed by atoms with van der Waals surface area (Å²) in [5.74, 6) is 0.556. The lowest BCUT2D eigenvalue weighted by Crippen LogP contribution is -2.31. The van der Waals surface area contributed by atoms with Crippen LogP contribution in [0.2, 0.25) is 0 Å². The highest BCUT2D eigenvalue weighted by atomic mass is 16.5. The number of carbonyl (C=O) groups is 1. The van der Waals surface area contributed by atoms with Gasteiger partial charge in [-0.05, 0) is 38.3 Å². The van der Waals surface area contributed by atoms with E-state index < -0.39 is 0 Å². The highest BCUT2D eigenvalue weighted by molar-refractivity contribution is 5.91. The first-order valence-corrected chi connectivity index (χ1v) is 8.22. The van der Waals surface area contributed by atoms with Crippen LogP contribution in [0.1, 0.15) is 46.4 Å². The number of nitrogens with one attached hydrogen (secondary N) is 1. The summed E-state index contributed by atoms with van der Waals surface area (Å²) >= 11 is 0. The van der Waals surface area contributed by atoms with Crippen LogP contribution in [0.25, 0.3) is 11.5 Å². The van der Waals surface area contributed by atoms with Gasteiger partial charge in [-0.1, -0.05) is 11.2 Å². The van der Waals surface area contributed by atoms with Gasteiger partial charge in [0.1, 0.15) is 5.69 Å². The molecule has 1 atom stereocenters. The van der Waals surface area contributed by atoms with Crippen molar-refractivity contribution in [2.45, 2.75) is 32.2 Å². The third kappa shape index (κ3) is 3.13. The molecule has 1 N–H and O–H groups in total. The predicted octanol–water partition coefficient (Wildman–Crippen LogP) is 2.64. The van der Waals surface area contributed by atoms with Crippen molar-refractivity contribution in [1.82, 2.24) is 25.4 Å². The number of rotatable bonds is 3. The van der Waals surface area contributed by atoms with Crippen LogP contribution in [-0.2, 0) is 6.42 Å². The average Bonchev–Trinajstić information content (AvgIpc) is 3.09. The zero-order chi connectivity index (χ0) is 17.2. The Morgan fingerprint density at radius 3 is 3.00 bits per heavy atom. The Labute approximate surface area is 144 Å². The molecule has 0 saturated carbocycles. The number of aromatic nitrogens is 4. The molecule has 25 heavy (non-hydrogen) atoms. The fourth-order valence-corrected chi connectivity index (χ4v) is 3.02. The number of aryl methyl sites for hydroxylation is 2. The van der Waals surface area contributed by atoms with Crippen molar-refractivity contribution in [3.05, 3.63) is 59.4 Å². The number of fused-ring (bicyclic) bond motifs is 1. The Kier molecular flexibility index (Phi) is 3.97. The number of pyridine rings is 1. The molecule has 126 valence electrons. The standard InChI is InChI=1S/C18H17N5O2/c1-11-9-16(25-23-11)18(24)22-14-7-4-6-13-12(14)10-20-17(21-13)15-5-2-3-8-19-15/h2-3,5,8-10,14H,4,6-7H2,1H3,(H,22,24)/t14-/m1/s1. The van der Waals surface area contributed by atoms with Crippen LogP contribution in [0.4, 0.5) is 0 Å². The van der Waals surface area contributed by atoms with Crippen LogP contribution in [0.5, 0.6) is 0 Å². The first-order chi connectivity index (χ1) is 12.2. The number of amides is 1. The van der Waals surface area contributed by atoms with Gasteiger partial charge in [0.25, 0.3) is 5.91 Å². The van der Waals surface area contributed by atoms with Crippen LogP contribution in [0.3, 0.4) is 0 Å². The van der Waals surface area contributed by atoms with E-state index >= 15 is 0 Å². The van der Waals surface area contributed by atoms with E-state index in [1.165, 1.54) is 0 Å². The fourth-order valence-electron chi connectivity index (χ4n) is 3.02. The maximum Gasteiger partial charge on any atom is 0.290 e. The second kappa shape index (κ2) is 6.43. The molecule has 0 saturated heterocycles. The lowest BCUT2D eigenvalue weighted by atomic mass is 9.92. The lowest BCUT2D eigenvalue weighted by molar-refractivity contribution is 0.0895. The molecule has 3 aromatic heterocycles. The molecule has 7 heteroatoms. The largest absolute Gasteiger partial charge is 0.351 e. The highest BCUT2D eigenvalue weighted by Crippen LogP contribution is 2.29. The van der Waals surface area contributed by atoms with E-state index in [1.807, 2.05) is 18.2 Å². The lowest BCUT2D eigenvalue weighted by Gasteiger charge is -2.25. The molecule has 1 aliphatic carbocycles. The van der Waals surface area contributed by atoms with Gasteiger partial charge in [0.05, 0.1) is 11.7 Å². The van der Waals surface area contributed by atoms with Crippen LogP contribution in [0, 0.1) is 6.92 Å². The minimum Gasteiger partial charge on any atom is -0.351 e.